The van der Waals surface area contributed by atoms with Crippen LogP contribution >= 0.6 is 32.5 Å². The summed E-state index contributed by atoms with van der Waals surface area (Å²) in [6.45, 7) is 2.28. The molecule has 0 nitrogen and oxygen atoms in total. The lowest BCUT2D eigenvalue weighted by Gasteiger charge is -2.38. The van der Waals surface area contributed by atoms with Crippen LogP contribution in [0.1, 0.15) is 48.8 Å². The third-order valence-electron chi connectivity index (χ3n) is 4.92. The quantitative estimate of drug-likeness (QED) is 0.190. The van der Waals surface area contributed by atoms with Gasteiger partial charge >= 0.3 is 0 Å². The fraction of sp³-hybridized carbons (Fsp3) is 0.250. The van der Waals surface area contributed by atoms with Gasteiger partial charge in [0.2, 0.25) is 0 Å². The van der Waals surface area contributed by atoms with E-state index in [9.17, 15) is 0 Å². The van der Waals surface area contributed by atoms with Crippen LogP contribution in [-0.4, -0.2) is 0 Å². The van der Waals surface area contributed by atoms with Crippen molar-refractivity contribution in [1.82, 2.24) is 0 Å². The molecule has 0 aliphatic heterocycles. The lowest BCUT2D eigenvalue weighted by atomic mass is 9.75. The Hall–Kier alpha value is -1.18. The summed E-state index contributed by atoms with van der Waals surface area (Å²) in [5.74, 6) is 0.444. The van der Waals surface area contributed by atoms with Crippen LogP contribution in [0.15, 0.2) is 91.0 Å². The largest absolute Gasteiger partial charge is 0.153 e. The Morgan fingerprint density at radius 1 is 0.731 bits per heavy atom. The second-order valence-electron chi connectivity index (χ2n) is 6.55. The van der Waals surface area contributed by atoms with Crippen LogP contribution in [0.5, 0.6) is 0 Å². The van der Waals surface area contributed by atoms with Crippen LogP contribution < -0.4 is 0 Å². The molecule has 0 aliphatic carbocycles. The van der Waals surface area contributed by atoms with Gasteiger partial charge in [0.15, 0.2) is 0 Å². The third-order valence-corrected chi connectivity index (χ3v) is 6.91. The molecule has 0 bridgehead atoms. The molecule has 0 aromatic heterocycles. The van der Waals surface area contributed by atoms with Gasteiger partial charge in [-0.1, -0.05) is 133 Å². The lowest BCUT2D eigenvalue weighted by Crippen LogP contribution is -2.29. The average Bonchev–Trinajstić information content (AvgIpc) is 2.70. The van der Waals surface area contributed by atoms with Gasteiger partial charge in [-0.15, -0.1) is 0 Å². The number of rotatable bonds is 7. The van der Waals surface area contributed by atoms with Gasteiger partial charge in [0.05, 0.1) is 3.42 Å². The highest BCUT2D eigenvalue weighted by Crippen LogP contribution is 2.52. The fourth-order valence-electron chi connectivity index (χ4n) is 3.62. The molecule has 0 fully saturated rings. The van der Waals surface area contributed by atoms with Crippen LogP contribution in [0.3, 0.4) is 0 Å². The summed E-state index contributed by atoms with van der Waals surface area (Å²) in [5.41, 5.74) is 4.19. The smallest absolute Gasteiger partial charge is 0.0787 e. The molecule has 0 saturated carbocycles. The SMILES string of the molecule is CCCCC(c1ccccc1)C(I)(c1ccccc1)c1ccccc1.P. The molecule has 26 heavy (non-hydrogen) atoms. The van der Waals surface area contributed by atoms with E-state index in [1.165, 1.54) is 36.0 Å². The maximum atomic E-state index is 2.71. The zero-order chi connectivity index (χ0) is 17.5. The molecule has 0 aliphatic rings. The van der Waals surface area contributed by atoms with Crippen molar-refractivity contribution in [2.45, 2.75) is 35.5 Å². The summed E-state index contributed by atoms with van der Waals surface area (Å²) in [6, 6.07) is 33.0. The van der Waals surface area contributed by atoms with Crippen molar-refractivity contribution >= 4 is 32.5 Å². The standard InChI is InChI=1S/C24H25I.H3P/c1-2-3-19-23(20-13-7-4-8-14-20)24(25,21-15-9-5-10-16-21)22-17-11-6-12-18-22;/h4-18,23H,2-3,19H2,1H3;1H3. The summed E-state index contributed by atoms with van der Waals surface area (Å²) >= 11 is 2.71. The molecule has 0 saturated heterocycles. The van der Waals surface area contributed by atoms with Crippen LogP contribution in [-0.2, 0) is 3.42 Å². The van der Waals surface area contributed by atoms with Gasteiger partial charge in [-0.25, -0.2) is 0 Å². The van der Waals surface area contributed by atoms with E-state index in [4.69, 9.17) is 0 Å². The van der Waals surface area contributed by atoms with Crippen LogP contribution in [0, 0.1) is 0 Å². The van der Waals surface area contributed by atoms with Gasteiger partial charge in [-0.05, 0) is 23.1 Å². The van der Waals surface area contributed by atoms with E-state index in [1.807, 2.05) is 0 Å². The number of alkyl halides is 1. The summed E-state index contributed by atoms with van der Waals surface area (Å²) in [5, 5.41) is 0. The highest BCUT2D eigenvalue weighted by molar-refractivity contribution is 14.1. The molecule has 0 amide bonds. The minimum Gasteiger partial charge on any atom is -0.153 e. The molecule has 3 aromatic rings. The van der Waals surface area contributed by atoms with E-state index in [1.54, 1.807) is 0 Å². The van der Waals surface area contributed by atoms with Gasteiger partial charge in [-0.2, -0.15) is 9.90 Å². The summed E-state index contributed by atoms with van der Waals surface area (Å²) < 4.78 is -0.0726. The number of hydrogen-bond donors (Lipinski definition) is 0. The molecule has 2 atom stereocenters. The van der Waals surface area contributed by atoms with Gasteiger partial charge in [0.1, 0.15) is 0 Å². The van der Waals surface area contributed by atoms with Crippen molar-refractivity contribution < 1.29 is 0 Å². The summed E-state index contributed by atoms with van der Waals surface area (Å²) in [4.78, 5) is 0. The van der Waals surface area contributed by atoms with Gasteiger partial charge in [0.25, 0.3) is 0 Å². The fourth-order valence-corrected chi connectivity index (χ4v) is 5.01. The zero-order valence-corrected chi connectivity index (χ0v) is 19.0. The van der Waals surface area contributed by atoms with Crippen molar-refractivity contribution in [2.24, 2.45) is 0 Å². The van der Waals surface area contributed by atoms with E-state index in [0.29, 0.717) is 5.92 Å². The first-order chi connectivity index (χ1) is 12.3. The number of hydrogen-bond acceptors (Lipinski definition) is 0. The first-order valence-corrected chi connectivity index (χ1v) is 10.2. The highest BCUT2D eigenvalue weighted by Gasteiger charge is 2.39. The molecule has 0 N–H and O–H groups in total. The van der Waals surface area contributed by atoms with Crippen molar-refractivity contribution in [3.63, 3.8) is 0 Å². The summed E-state index contributed by atoms with van der Waals surface area (Å²) in [6.07, 6.45) is 3.65. The second kappa shape index (κ2) is 10.2. The first kappa shape index (κ1) is 21.1. The average molecular weight is 474 g/mol. The topological polar surface area (TPSA) is 0 Å². The van der Waals surface area contributed by atoms with Crippen molar-refractivity contribution in [1.29, 1.82) is 0 Å². The molecular weight excluding hydrogens is 446 g/mol. The van der Waals surface area contributed by atoms with Gasteiger partial charge < -0.3 is 0 Å². The first-order valence-electron chi connectivity index (χ1n) is 9.11. The Bertz CT molecular complexity index is 716. The molecule has 2 unspecified atom stereocenters. The Labute approximate surface area is 175 Å². The van der Waals surface area contributed by atoms with Crippen molar-refractivity contribution in [3.05, 3.63) is 108 Å². The lowest BCUT2D eigenvalue weighted by molar-refractivity contribution is 0.516. The van der Waals surface area contributed by atoms with Crippen molar-refractivity contribution in [2.75, 3.05) is 0 Å². The third kappa shape index (κ3) is 4.56. The van der Waals surface area contributed by atoms with E-state index in [-0.39, 0.29) is 13.3 Å². The second-order valence-corrected chi connectivity index (χ2v) is 8.25. The van der Waals surface area contributed by atoms with Crippen molar-refractivity contribution in [3.8, 4) is 0 Å². The predicted octanol–water partition coefficient (Wildman–Crippen LogP) is 7.40. The number of unbranched alkanes of at least 4 members (excludes halogenated alkanes) is 1. The minimum absolute atomic E-state index is 0. The van der Waals surface area contributed by atoms with E-state index >= 15 is 0 Å². The molecule has 2 heteroatoms. The molecule has 3 aromatic carbocycles. The molecule has 0 spiro atoms. The normalized spacial score (nSPS) is 12.2. The Morgan fingerprint density at radius 2 is 1.15 bits per heavy atom. The molecular formula is C24H28IP. The summed E-state index contributed by atoms with van der Waals surface area (Å²) in [7, 11) is 0. The van der Waals surface area contributed by atoms with E-state index < -0.39 is 0 Å². The van der Waals surface area contributed by atoms with E-state index in [2.05, 4.69) is 121 Å². The molecule has 136 valence electrons. The van der Waals surface area contributed by atoms with E-state index in [0.717, 1.165) is 0 Å². The van der Waals surface area contributed by atoms with Crippen LogP contribution in [0.25, 0.3) is 0 Å². The Morgan fingerprint density at radius 3 is 1.58 bits per heavy atom. The molecule has 3 rings (SSSR count). The van der Waals surface area contributed by atoms with Crippen LogP contribution in [0.2, 0.25) is 0 Å². The minimum atomic E-state index is -0.0726. The predicted molar refractivity (Wildman–Crippen MR) is 127 cm³/mol. The maximum Gasteiger partial charge on any atom is 0.0787 e. The molecule has 0 heterocycles. The number of benzene rings is 3. The van der Waals surface area contributed by atoms with Crippen LogP contribution in [0.4, 0.5) is 0 Å². The Balaban J connectivity index is 0.00000243. The maximum absolute atomic E-state index is 2.71. The van der Waals surface area contributed by atoms with Gasteiger partial charge in [0, 0.05) is 5.92 Å². The monoisotopic (exact) mass is 474 g/mol. The zero-order valence-electron chi connectivity index (χ0n) is 15.4. The molecule has 0 radical (unpaired) electrons. The van der Waals surface area contributed by atoms with Gasteiger partial charge in [-0.3, -0.25) is 0 Å². The Kier molecular flexibility index (Phi) is 8.31. The highest BCUT2D eigenvalue weighted by atomic mass is 127. The number of halogens is 1.